The Morgan fingerprint density at radius 3 is 2.88 bits per heavy atom. The minimum absolute atomic E-state index is 0.0648. The van der Waals surface area contributed by atoms with Crippen molar-refractivity contribution in [3.05, 3.63) is 30.3 Å². The third-order valence-corrected chi connectivity index (χ3v) is 4.04. The van der Waals surface area contributed by atoms with Gasteiger partial charge in [-0.15, -0.1) is 0 Å². The first-order valence-electron chi connectivity index (χ1n) is 8.51. The molecule has 1 amide bonds. The summed E-state index contributed by atoms with van der Waals surface area (Å²) in [7, 11) is 1.72. The molecule has 134 valence electrons. The summed E-state index contributed by atoms with van der Waals surface area (Å²) in [6.07, 6.45) is 1.12. The Hall–Kier alpha value is -1.63. The molecular weight excluding hydrogens is 308 g/mol. The SMILES string of the molecule is COCCN1CCC(CNC(=O)COCCOc2ccccc2)C1. The standard InChI is InChI=1S/C18H28N2O4/c1-22-10-9-20-8-7-16(14-20)13-19-18(21)15-23-11-12-24-17-5-3-2-4-6-17/h2-6,16H,7-15H2,1H3,(H,19,21). The summed E-state index contributed by atoms with van der Waals surface area (Å²) in [6, 6.07) is 9.56. The van der Waals surface area contributed by atoms with Gasteiger partial charge in [-0.2, -0.15) is 0 Å². The second-order valence-electron chi connectivity index (χ2n) is 5.97. The van der Waals surface area contributed by atoms with E-state index in [-0.39, 0.29) is 12.5 Å². The van der Waals surface area contributed by atoms with Gasteiger partial charge in [-0.3, -0.25) is 4.79 Å². The fraction of sp³-hybridized carbons (Fsp3) is 0.611. The van der Waals surface area contributed by atoms with Crippen LogP contribution in [0.2, 0.25) is 0 Å². The maximum absolute atomic E-state index is 11.8. The van der Waals surface area contributed by atoms with Crippen molar-refractivity contribution in [1.82, 2.24) is 10.2 Å². The van der Waals surface area contributed by atoms with E-state index in [4.69, 9.17) is 14.2 Å². The zero-order valence-corrected chi connectivity index (χ0v) is 14.4. The van der Waals surface area contributed by atoms with Crippen LogP contribution in [-0.4, -0.2) is 70.5 Å². The van der Waals surface area contributed by atoms with E-state index in [2.05, 4.69) is 10.2 Å². The highest BCUT2D eigenvalue weighted by molar-refractivity contribution is 5.77. The zero-order chi connectivity index (χ0) is 17.0. The number of nitrogens with one attached hydrogen (secondary N) is 1. The van der Waals surface area contributed by atoms with Crippen molar-refractivity contribution in [2.75, 3.05) is 59.7 Å². The molecule has 0 aliphatic carbocycles. The highest BCUT2D eigenvalue weighted by Crippen LogP contribution is 2.14. The maximum atomic E-state index is 11.8. The van der Waals surface area contributed by atoms with E-state index in [1.165, 1.54) is 0 Å². The van der Waals surface area contributed by atoms with Crippen LogP contribution in [0.1, 0.15) is 6.42 Å². The molecule has 24 heavy (non-hydrogen) atoms. The minimum Gasteiger partial charge on any atom is -0.491 e. The Morgan fingerprint density at radius 2 is 2.08 bits per heavy atom. The number of hydrogen-bond acceptors (Lipinski definition) is 5. The number of methoxy groups -OCH3 is 1. The number of carbonyl (C=O) groups is 1. The van der Waals surface area contributed by atoms with Gasteiger partial charge in [0.25, 0.3) is 0 Å². The van der Waals surface area contributed by atoms with Crippen LogP contribution in [-0.2, 0) is 14.3 Å². The van der Waals surface area contributed by atoms with Crippen molar-refractivity contribution in [3.8, 4) is 5.75 Å². The summed E-state index contributed by atoms with van der Waals surface area (Å²) in [5.74, 6) is 1.27. The molecule has 0 spiro atoms. The third-order valence-electron chi connectivity index (χ3n) is 4.04. The Labute approximate surface area is 144 Å². The fourth-order valence-corrected chi connectivity index (χ4v) is 2.71. The van der Waals surface area contributed by atoms with E-state index in [1.807, 2.05) is 30.3 Å². The lowest BCUT2D eigenvalue weighted by Gasteiger charge is -2.15. The highest BCUT2D eigenvalue weighted by atomic mass is 16.5. The average molecular weight is 336 g/mol. The summed E-state index contributed by atoms with van der Waals surface area (Å²) in [5.41, 5.74) is 0. The molecule has 1 heterocycles. The van der Waals surface area contributed by atoms with Crippen LogP contribution in [0.4, 0.5) is 0 Å². The highest BCUT2D eigenvalue weighted by Gasteiger charge is 2.22. The number of nitrogens with zero attached hydrogens (tertiary/aromatic N) is 1. The molecule has 1 fully saturated rings. The summed E-state index contributed by atoms with van der Waals surface area (Å²) in [5, 5.41) is 2.95. The Kier molecular flexibility index (Phi) is 8.59. The van der Waals surface area contributed by atoms with Crippen molar-refractivity contribution in [2.45, 2.75) is 6.42 Å². The molecule has 1 atom stereocenters. The first-order valence-corrected chi connectivity index (χ1v) is 8.51. The summed E-state index contributed by atoms with van der Waals surface area (Å²) >= 11 is 0. The molecule has 1 N–H and O–H groups in total. The molecule has 1 saturated heterocycles. The zero-order valence-electron chi connectivity index (χ0n) is 14.4. The Bertz CT molecular complexity index is 469. The van der Waals surface area contributed by atoms with Crippen LogP contribution in [0, 0.1) is 5.92 Å². The minimum atomic E-state index is -0.0648. The van der Waals surface area contributed by atoms with Crippen LogP contribution in [0.3, 0.4) is 0 Å². The predicted octanol–water partition coefficient (Wildman–Crippen LogP) is 1.17. The van der Waals surface area contributed by atoms with Gasteiger partial charge in [0.1, 0.15) is 19.0 Å². The van der Waals surface area contributed by atoms with Gasteiger partial charge in [0, 0.05) is 26.7 Å². The van der Waals surface area contributed by atoms with Gasteiger partial charge >= 0.3 is 0 Å². The summed E-state index contributed by atoms with van der Waals surface area (Å²) in [4.78, 5) is 14.1. The molecule has 6 nitrogen and oxygen atoms in total. The molecule has 0 saturated carbocycles. The number of para-hydroxylation sites is 1. The van der Waals surface area contributed by atoms with Crippen molar-refractivity contribution in [1.29, 1.82) is 0 Å². The van der Waals surface area contributed by atoms with Gasteiger partial charge in [0.05, 0.1) is 13.2 Å². The van der Waals surface area contributed by atoms with Gasteiger partial charge in [-0.1, -0.05) is 18.2 Å². The first kappa shape index (κ1) is 18.7. The van der Waals surface area contributed by atoms with Crippen molar-refractivity contribution >= 4 is 5.91 Å². The van der Waals surface area contributed by atoms with Gasteiger partial charge in [-0.05, 0) is 31.0 Å². The molecule has 0 aromatic heterocycles. The molecule has 1 aliphatic rings. The molecule has 1 aliphatic heterocycles. The lowest BCUT2D eigenvalue weighted by Crippen LogP contribution is -2.34. The smallest absolute Gasteiger partial charge is 0.246 e. The number of carbonyl (C=O) groups excluding carboxylic acids is 1. The van der Waals surface area contributed by atoms with Crippen LogP contribution in [0.5, 0.6) is 5.75 Å². The quantitative estimate of drug-likeness (QED) is 0.615. The third kappa shape index (κ3) is 7.29. The molecule has 1 unspecified atom stereocenters. The van der Waals surface area contributed by atoms with E-state index in [0.29, 0.717) is 25.7 Å². The first-order chi connectivity index (χ1) is 11.8. The van der Waals surface area contributed by atoms with E-state index >= 15 is 0 Å². The van der Waals surface area contributed by atoms with Gasteiger partial charge < -0.3 is 24.4 Å². The van der Waals surface area contributed by atoms with Gasteiger partial charge in [-0.25, -0.2) is 0 Å². The summed E-state index contributed by atoms with van der Waals surface area (Å²) in [6.45, 7) is 5.46. The van der Waals surface area contributed by atoms with Crippen LogP contribution >= 0.6 is 0 Å². The van der Waals surface area contributed by atoms with Crippen LogP contribution in [0.15, 0.2) is 30.3 Å². The normalized spacial score (nSPS) is 17.8. The number of rotatable bonds is 11. The van der Waals surface area contributed by atoms with Crippen LogP contribution in [0.25, 0.3) is 0 Å². The molecular formula is C18H28N2O4. The monoisotopic (exact) mass is 336 g/mol. The van der Waals surface area contributed by atoms with Crippen molar-refractivity contribution in [3.63, 3.8) is 0 Å². The van der Waals surface area contributed by atoms with Crippen LogP contribution < -0.4 is 10.1 Å². The second kappa shape index (κ2) is 11.0. The van der Waals surface area contributed by atoms with E-state index < -0.39 is 0 Å². The molecule has 1 aromatic carbocycles. The fourth-order valence-electron chi connectivity index (χ4n) is 2.71. The topological polar surface area (TPSA) is 60.0 Å². The largest absolute Gasteiger partial charge is 0.491 e. The van der Waals surface area contributed by atoms with E-state index in [0.717, 1.165) is 38.4 Å². The molecule has 2 rings (SSSR count). The molecule has 1 aromatic rings. The number of ether oxygens (including phenoxy) is 3. The maximum Gasteiger partial charge on any atom is 0.246 e. The van der Waals surface area contributed by atoms with E-state index in [9.17, 15) is 4.79 Å². The van der Waals surface area contributed by atoms with Gasteiger partial charge in [0.15, 0.2) is 0 Å². The summed E-state index contributed by atoms with van der Waals surface area (Å²) < 4.78 is 15.9. The second-order valence-corrected chi connectivity index (χ2v) is 5.97. The van der Waals surface area contributed by atoms with Crippen molar-refractivity contribution < 1.29 is 19.0 Å². The molecule has 0 bridgehead atoms. The van der Waals surface area contributed by atoms with Crippen molar-refractivity contribution in [2.24, 2.45) is 5.92 Å². The predicted molar refractivity (Wildman–Crippen MR) is 92.2 cm³/mol. The Balaban J connectivity index is 1.47. The lowest BCUT2D eigenvalue weighted by molar-refractivity contribution is -0.126. The number of benzene rings is 1. The molecule has 6 heteroatoms. The number of hydrogen-bond donors (Lipinski definition) is 1. The Morgan fingerprint density at radius 1 is 1.25 bits per heavy atom. The van der Waals surface area contributed by atoms with Gasteiger partial charge in [0.2, 0.25) is 5.91 Å². The average Bonchev–Trinajstić information content (AvgIpc) is 3.06. The molecule has 0 radical (unpaired) electrons. The number of likely N-dealkylation sites (tertiary alicyclic amines) is 1. The van der Waals surface area contributed by atoms with E-state index in [1.54, 1.807) is 7.11 Å². The number of amides is 1. The lowest BCUT2D eigenvalue weighted by atomic mass is 10.1.